The van der Waals surface area contributed by atoms with Crippen molar-refractivity contribution in [1.82, 2.24) is 0 Å². The molecule has 0 aliphatic heterocycles. The largest absolute Gasteiger partial charge is 0.480 e. The Balaban J connectivity index is 3.08. The van der Waals surface area contributed by atoms with Crippen LogP contribution >= 0.6 is 0 Å². The van der Waals surface area contributed by atoms with Crippen LogP contribution in [0.1, 0.15) is 20.7 Å². The van der Waals surface area contributed by atoms with Crippen molar-refractivity contribution < 1.29 is 29.7 Å². The lowest BCUT2D eigenvalue weighted by Crippen LogP contribution is -2.15. The molecule has 1 aromatic rings. The maximum Gasteiger partial charge on any atom is 0.337 e. The SMILES string of the molecule is O=C(O)CNc1ccc(C(=O)O)cc1C(=O)O. The zero-order valence-electron chi connectivity index (χ0n) is 8.51. The van der Waals surface area contributed by atoms with Crippen molar-refractivity contribution in [3.63, 3.8) is 0 Å². The second-order valence-corrected chi connectivity index (χ2v) is 3.12. The predicted molar refractivity (Wildman–Crippen MR) is 56.5 cm³/mol. The molecular formula is C10H9NO6. The third kappa shape index (κ3) is 3.20. The molecule has 7 heteroatoms. The van der Waals surface area contributed by atoms with Gasteiger partial charge in [0, 0.05) is 5.69 Å². The Kier molecular flexibility index (Phi) is 3.66. The zero-order chi connectivity index (χ0) is 13.0. The van der Waals surface area contributed by atoms with E-state index in [1.807, 2.05) is 0 Å². The topological polar surface area (TPSA) is 124 Å². The van der Waals surface area contributed by atoms with Gasteiger partial charge in [0.25, 0.3) is 0 Å². The number of carboxylic acids is 3. The quantitative estimate of drug-likeness (QED) is 0.592. The Morgan fingerprint density at radius 1 is 1.06 bits per heavy atom. The van der Waals surface area contributed by atoms with E-state index in [9.17, 15) is 14.4 Å². The summed E-state index contributed by atoms with van der Waals surface area (Å²) < 4.78 is 0. The summed E-state index contributed by atoms with van der Waals surface area (Å²) in [5.74, 6) is -3.73. The predicted octanol–water partition coefficient (Wildman–Crippen LogP) is 0.580. The van der Waals surface area contributed by atoms with Gasteiger partial charge in [-0.25, -0.2) is 9.59 Å². The van der Waals surface area contributed by atoms with Crippen molar-refractivity contribution in [3.8, 4) is 0 Å². The van der Waals surface area contributed by atoms with Crippen LogP contribution in [0.4, 0.5) is 5.69 Å². The van der Waals surface area contributed by atoms with Gasteiger partial charge in [0.05, 0.1) is 11.1 Å². The Bertz CT molecular complexity index is 482. The average Bonchev–Trinajstić information content (AvgIpc) is 2.25. The summed E-state index contributed by atoms with van der Waals surface area (Å²) in [5, 5.41) is 28.4. The number of hydrogen-bond acceptors (Lipinski definition) is 4. The van der Waals surface area contributed by atoms with Gasteiger partial charge in [0.1, 0.15) is 6.54 Å². The molecule has 4 N–H and O–H groups in total. The first-order valence-electron chi connectivity index (χ1n) is 4.48. The molecule has 0 bridgehead atoms. The van der Waals surface area contributed by atoms with E-state index in [4.69, 9.17) is 15.3 Å². The van der Waals surface area contributed by atoms with Crippen molar-refractivity contribution in [1.29, 1.82) is 0 Å². The normalized spacial score (nSPS) is 9.65. The van der Waals surface area contributed by atoms with Gasteiger partial charge in [-0.3, -0.25) is 4.79 Å². The summed E-state index contributed by atoms with van der Waals surface area (Å²) in [4.78, 5) is 31.8. The van der Waals surface area contributed by atoms with E-state index in [1.54, 1.807) is 0 Å². The van der Waals surface area contributed by atoms with Crippen LogP contribution in [0.3, 0.4) is 0 Å². The molecule has 1 rings (SSSR count). The summed E-state index contributed by atoms with van der Waals surface area (Å²) in [6.07, 6.45) is 0. The Hall–Kier alpha value is -2.57. The highest BCUT2D eigenvalue weighted by Crippen LogP contribution is 2.17. The van der Waals surface area contributed by atoms with E-state index in [2.05, 4.69) is 5.32 Å². The first kappa shape index (κ1) is 12.5. The Labute approximate surface area is 95.3 Å². The maximum atomic E-state index is 10.9. The molecule has 0 saturated carbocycles. The molecule has 0 aliphatic rings. The molecule has 0 aliphatic carbocycles. The van der Waals surface area contributed by atoms with E-state index >= 15 is 0 Å². The van der Waals surface area contributed by atoms with Gasteiger partial charge in [-0.15, -0.1) is 0 Å². The molecule has 0 saturated heterocycles. The average molecular weight is 239 g/mol. The summed E-state index contributed by atoms with van der Waals surface area (Å²) in [5.41, 5.74) is -0.403. The number of aliphatic carboxylic acids is 1. The molecule has 0 spiro atoms. The van der Waals surface area contributed by atoms with Crippen LogP contribution in [0.5, 0.6) is 0 Å². The summed E-state index contributed by atoms with van der Waals surface area (Å²) in [6, 6.07) is 3.38. The molecule has 0 fully saturated rings. The highest BCUT2D eigenvalue weighted by Gasteiger charge is 2.14. The monoisotopic (exact) mass is 239 g/mol. The Morgan fingerprint density at radius 2 is 1.71 bits per heavy atom. The van der Waals surface area contributed by atoms with E-state index < -0.39 is 24.5 Å². The third-order valence-electron chi connectivity index (χ3n) is 1.93. The summed E-state index contributed by atoms with van der Waals surface area (Å²) in [6.45, 7) is -0.452. The van der Waals surface area contributed by atoms with Crippen LogP contribution < -0.4 is 5.32 Å². The van der Waals surface area contributed by atoms with Gasteiger partial charge < -0.3 is 20.6 Å². The van der Waals surface area contributed by atoms with Crippen molar-refractivity contribution in [2.45, 2.75) is 0 Å². The number of rotatable bonds is 5. The fraction of sp³-hybridized carbons (Fsp3) is 0.100. The molecule has 17 heavy (non-hydrogen) atoms. The molecule has 0 unspecified atom stereocenters. The molecular weight excluding hydrogens is 230 g/mol. The van der Waals surface area contributed by atoms with Gasteiger partial charge in [-0.2, -0.15) is 0 Å². The van der Waals surface area contributed by atoms with Crippen molar-refractivity contribution in [3.05, 3.63) is 29.3 Å². The summed E-state index contributed by atoms with van der Waals surface area (Å²) >= 11 is 0. The first-order chi connectivity index (χ1) is 7.91. The van der Waals surface area contributed by atoms with Gasteiger partial charge in [-0.1, -0.05) is 0 Å². The molecule has 90 valence electrons. The number of carboxylic acid groups (broad SMARTS) is 3. The van der Waals surface area contributed by atoms with Crippen LogP contribution in [-0.4, -0.2) is 39.8 Å². The van der Waals surface area contributed by atoms with Crippen molar-refractivity contribution in [2.24, 2.45) is 0 Å². The smallest absolute Gasteiger partial charge is 0.337 e. The van der Waals surface area contributed by atoms with E-state index in [0.717, 1.165) is 6.07 Å². The molecule has 1 aromatic carbocycles. The molecule has 0 atom stereocenters. The van der Waals surface area contributed by atoms with E-state index in [-0.39, 0.29) is 16.8 Å². The number of anilines is 1. The van der Waals surface area contributed by atoms with Crippen LogP contribution in [0.2, 0.25) is 0 Å². The van der Waals surface area contributed by atoms with Crippen LogP contribution in [0.25, 0.3) is 0 Å². The lowest BCUT2D eigenvalue weighted by molar-refractivity contribution is -0.134. The molecule has 7 nitrogen and oxygen atoms in total. The maximum absolute atomic E-state index is 10.9. The Morgan fingerprint density at radius 3 is 2.18 bits per heavy atom. The van der Waals surface area contributed by atoms with Gasteiger partial charge in [-0.05, 0) is 18.2 Å². The number of hydrogen-bond donors (Lipinski definition) is 4. The fourth-order valence-corrected chi connectivity index (χ4v) is 1.18. The standard InChI is InChI=1S/C10H9NO6/c12-8(13)4-11-7-2-1-5(9(14)15)3-6(7)10(16)17/h1-3,11H,4H2,(H,12,13)(H,14,15)(H,16,17). The molecule has 0 radical (unpaired) electrons. The molecule has 0 aromatic heterocycles. The highest BCUT2D eigenvalue weighted by atomic mass is 16.4. The minimum absolute atomic E-state index is 0.0601. The zero-order valence-corrected chi connectivity index (χ0v) is 8.51. The van der Waals surface area contributed by atoms with Gasteiger partial charge in [0.2, 0.25) is 0 Å². The second-order valence-electron chi connectivity index (χ2n) is 3.12. The van der Waals surface area contributed by atoms with Crippen LogP contribution in [0, 0.1) is 0 Å². The minimum Gasteiger partial charge on any atom is -0.480 e. The number of benzene rings is 1. The van der Waals surface area contributed by atoms with E-state index in [1.165, 1.54) is 12.1 Å². The third-order valence-corrected chi connectivity index (χ3v) is 1.93. The lowest BCUT2D eigenvalue weighted by atomic mass is 10.1. The van der Waals surface area contributed by atoms with Crippen molar-refractivity contribution >= 4 is 23.6 Å². The molecule has 0 heterocycles. The number of nitrogens with one attached hydrogen (secondary N) is 1. The number of carbonyl (C=O) groups is 3. The van der Waals surface area contributed by atoms with Crippen LogP contribution in [-0.2, 0) is 4.79 Å². The fourth-order valence-electron chi connectivity index (χ4n) is 1.18. The van der Waals surface area contributed by atoms with Crippen LogP contribution in [0.15, 0.2) is 18.2 Å². The number of aromatic carboxylic acids is 2. The van der Waals surface area contributed by atoms with Gasteiger partial charge >= 0.3 is 17.9 Å². The van der Waals surface area contributed by atoms with E-state index in [0.29, 0.717) is 0 Å². The lowest BCUT2D eigenvalue weighted by Gasteiger charge is -2.08. The second kappa shape index (κ2) is 4.97. The summed E-state index contributed by atoms with van der Waals surface area (Å²) in [7, 11) is 0. The molecule has 0 amide bonds. The highest BCUT2D eigenvalue weighted by molar-refractivity contribution is 5.98. The van der Waals surface area contributed by atoms with Gasteiger partial charge in [0.15, 0.2) is 0 Å². The van der Waals surface area contributed by atoms with Crippen molar-refractivity contribution in [2.75, 3.05) is 11.9 Å². The minimum atomic E-state index is -1.33. The first-order valence-corrected chi connectivity index (χ1v) is 4.48.